The highest BCUT2D eigenvalue weighted by Gasteiger charge is 2.36. The van der Waals surface area contributed by atoms with Crippen molar-refractivity contribution < 1.29 is 22.4 Å². The number of rotatable bonds is 2. The number of aromatic nitrogens is 2. The van der Waals surface area contributed by atoms with Gasteiger partial charge in [-0.3, -0.25) is 9.48 Å². The van der Waals surface area contributed by atoms with E-state index in [2.05, 4.69) is 21.0 Å². The third-order valence-electron chi connectivity index (χ3n) is 2.66. The summed E-state index contributed by atoms with van der Waals surface area (Å²) in [4.78, 5) is 12.2. The third-order valence-corrected chi connectivity index (χ3v) is 3.24. The molecule has 0 N–H and O–H groups in total. The molecule has 0 atom stereocenters. The molecule has 1 heterocycles. The van der Waals surface area contributed by atoms with Crippen molar-refractivity contribution in [2.24, 2.45) is 7.05 Å². The molecular formula is C12H7BrF4N2O. The van der Waals surface area contributed by atoms with E-state index in [1.807, 2.05) is 0 Å². The number of alkyl halides is 3. The zero-order chi connectivity index (χ0) is 15.1. The average molecular weight is 351 g/mol. The Morgan fingerprint density at radius 2 is 2.00 bits per heavy atom. The van der Waals surface area contributed by atoms with E-state index in [1.165, 1.54) is 13.2 Å². The minimum atomic E-state index is -4.86. The first-order valence-electron chi connectivity index (χ1n) is 5.31. The summed E-state index contributed by atoms with van der Waals surface area (Å²) in [5.74, 6) is -2.46. The number of hydrogen-bond donors (Lipinski definition) is 0. The predicted octanol–water partition coefficient (Wildman–Crippen LogP) is 3.57. The minimum absolute atomic E-state index is 0.0248. The van der Waals surface area contributed by atoms with Crippen LogP contribution in [0.5, 0.6) is 0 Å². The van der Waals surface area contributed by atoms with Crippen LogP contribution in [0.25, 0.3) is 0 Å². The van der Waals surface area contributed by atoms with E-state index in [0.717, 1.165) is 16.8 Å². The van der Waals surface area contributed by atoms with Crippen molar-refractivity contribution in [1.29, 1.82) is 0 Å². The fourth-order valence-corrected chi connectivity index (χ4v) is 2.25. The van der Waals surface area contributed by atoms with Crippen LogP contribution in [0.1, 0.15) is 21.6 Å². The minimum Gasteiger partial charge on any atom is -0.287 e. The van der Waals surface area contributed by atoms with Gasteiger partial charge in [0.05, 0.1) is 21.8 Å². The summed E-state index contributed by atoms with van der Waals surface area (Å²) in [6.45, 7) is 0. The van der Waals surface area contributed by atoms with Crippen LogP contribution in [-0.2, 0) is 13.2 Å². The van der Waals surface area contributed by atoms with E-state index in [4.69, 9.17) is 0 Å². The number of nitrogens with zero attached hydrogens (tertiary/aromatic N) is 2. The molecule has 0 bridgehead atoms. The van der Waals surface area contributed by atoms with Gasteiger partial charge in [-0.05, 0) is 28.1 Å². The lowest BCUT2D eigenvalue weighted by molar-refractivity contribution is -0.140. The van der Waals surface area contributed by atoms with Crippen molar-refractivity contribution in [2.75, 3.05) is 0 Å². The van der Waals surface area contributed by atoms with Gasteiger partial charge in [0, 0.05) is 7.05 Å². The van der Waals surface area contributed by atoms with Gasteiger partial charge in [0.15, 0.2) is 0 Å². The summed E-state index contributed by atoms with van der Waals surface area (Å²) in [6, 6.07) is 2.58. The Hall–Kier alpha value is -1.70. The van der Waals surface area contributed by atoms with Crippen LogP contribution < -0.4 is 0 Å². The number of halogens is 5. The molecule has 0 saturated heterocycles. The highest BCUT2D eigenvalue weighted by Crippen LogP contribution is 2.33. The van der Waals surface area contributed by atoms with Crippen molar-refractivity contribution in [3.05, 3.63) is 51.5 Å². The second-order valence-corrected chi connectivity index (χ2v) is 4.81. The van der Waals surface area contributed by atoms with Crippen molar-refractivity contribution in [1.82, 2.24) is 9.78 Å². The molecular weight excluding hydrogens is 344 g/mol. The molecule has 1 aromatic heterocycles. The molecule has 0 saturated carbocycles. The van der Waals surface area contributed by atoms with E-state index in [-0.39, 0.29) is 10.2 Å². The molecule has 2 aromatic rings. The Balaban J connectivity index is 2.58. The number of carbonyl (C=O) groups is 1. The van der Waals surface area contributed by atoms with Gasteiger partial charge < -0.3 is 0 Å². The van der Waals surface area contributed by atoms with Crippen LogP contribution in [0.3, 0.4) is 0 Å². The van der Waals surface area contributed by atoms with Gasteiger partial charge >= 0.3 is 6.18 Å². The molecule has 3 nitrogen and oxygen atoms in total. The zero-order valence-electron chi connectivity index (χ0n) is 10.0. The van der Waals surface area contributed by atoms with Crippen LogP contribution in [0.15, 0.2) is 28.9 Å². The Kier molecular flexibility index (Phi) is 3.68. The van der Waals surface area contributed by atoms with E-state index < -0.39 is 28.9 Å². The summed E-state index contributed by atoms with van der Waals surface area (Å²) in [5.41, 5.74) is -2.14. The second kappa shape index (κ2) is 5.01. The standard InChI is InChI=1S/C12H7BrF4N2O/c1-19-10(8(13)5-18-19)11(20)6-3-2-4-7(9(6)14)12(15,16)17/h2-5H,1H3. The summed E-state index contributed by atoms with van der Waals surface area (Å²) in [7, 11) is 1.43. The lowest BCUT2D eigenvalue weighted by Crippen LogP contribution is -2.15. The smallest absolute Gasteiger partial charge is 0.287 e. The Labute approximate surface area is 119 Å². The highest BCUT2D eigenvalue weighted by atomic mass is 79.9. The van der Waals surface area contributed by atoms with Gasteiger partial charge in [-0.1, -0.05) is 6.07 Å². The summed E-state index contributed by atoms with van der Waals surface area (Å²) >= 11 is 3.05. The topological polar surface area (TPSA) is 34.9 Å². The van der Waals surface area contributed by atoms with E-state index >= 15 is 0 Å². The molecule has 0 aliphatic carbocycles. The van der Waals surface area contributed by atoms with Gasteiger partial charge in [0.2, 0.25) is 5.78 Å². The molecule has 8 heteroatoms. The molecule has 1 aromatic carbocycles. The van der Waals surface area contributed by atoms with Crippen LogP contribution in [0.2, 0.25) is 0 Å². The first-order valence-corrected chi connectivity index (χ1v) is 6.10. The predicted molar refractivity (Wildman–Crippen MR) is 65.7 cm³/mol. The summed E-state index contributed by atoms with van der Waals surface area (Å²) in [6.07, 6.45) is -3.55. The second-order valence-electron chi connectivity index (χ2n) is 3.96. The van der Waals surface area contributed by atoms with Crippen LogP contribution in [0, 0.1) is 5.82 Å². The van der Waals surface area contributed by atoms with Crippen LogP contribution >= 0.6 is 15.9 Å². The number of benzene rings is 1. The van der Waals surface area contributed by atoms with E-state index in [9.17, 15) is 22.4 Å². The van der Waals surface area contributed by atoms with E-state index in [1.54, 1.807) is 0 Å². The van der Waals surface area contributed by atoms with Crippen LogP contribution in [0.4, 0.5) is 17.6 Å². The van der Waals surface area contributed by atoms with Crippen molar-refractivity contribution >= 4 is 21.7 Å². The van der Waals surface area contributed by atoms with Gasteiger partial charge in [-0.25, -0.2) is 4.39 Å². The summed E-state index contributed by atoms with van der Waals surface area (Å²) < 4.78 is 53.2. The SMILES string of the molecule is Cn1ncc(Br)c1C(=O)c1cccc(C(F)(F)F)c1F. The fourth-order valence-electron chi connectivity index (χ4n) is 1.72. The zero-order valence-corrected chi connectivity index (χ0v) is 11.6. The Morgan fingerprint density at radius 3 is 2.50 bits per heavy atom. The normalized spacial score (nSPS) is 11.7. The molecule has 106 valence electrons. The van der Waals surface area contributed by atoms with Crippen molar-refractivity contribution in [2.45, 2.75) is 6.18 Å². The molecule has 2 rings (SSSR count). The van der Waals surface area contributed by atoms with Gasteiger partial charge in [0.1, 0.15) is 11.5 Å². The lowest BCUT2D eigenvalue weighted by atomic mass is 10.0. The Morgan fingerprint density at radius 1 is 1.35 bits per heavy atom. The molecule has 0 amide bonds. The van der Waals surface area contributed by atoms with Gasteiger partial charge in [-0.15, -0.1) is 0 Å². The van der Waals surface area contributed by atoms with Crippen molar-refractivity contribution in [3.63, 3.8) is 0 Å². The van der Waals surface area contributed by atoms with E-state index in [0.29, 0.717) is 6.07 Å². The lowest BCUT2D eigenvalue weighted by Gasteiger charge is -2.10. The Bertz CT molecular complexity index is 659. The molecule has 0 unspecified atom stereocenters. The third kappa shape index (κ3) is 2.47. The number of hydrogen-bond acceptors (Lipinski definition) is 2. The number of ketones is 1. The largest absolute Gasteiger partial charge is 0.419 e. The first-order chi connectivity index (χ1) is 9.23. The average Bonchev–Trinajstić information content (AvgIpc) is 2.67. The number of carbonyl (C=O) groups excluding carboxylic acids is 1. The molecule has 0 fully saturated rings. The molecule has 0 aliphatic rings. The monoisotopic (exact) mass is 350 g/mol. The quantitative estimate of drug-likeness (QED) is 0.613. The van der Waals surface area contributed by atoms with Gasteiger partial charge in [-0.2, -0.15) is 18.3 Å². The van der Waals surface area contributed by atoms with Gasteiger partial charge in [0.25, 0.3) is 0 Å². The molecule has 20 heavy (non-hydrogen) atoms. The fraction of sp³-hybridized carbons (Fsp3) is 0.167. The molecule has 0 radical (unpaired) electrons. The highest BCUT2D eigenvalue weighted by molar-refractivity contribution is 9.10. The molecule has 0 aliphatic heterocycles. The maximum absolute atomic E-state index is 13.9. The van der Waals surface area contributed by atoms with Crippen molar-refractivity contribution in [3.8, 4) is 0 Å². The molecule has 0 spiro atoms. The maximum Gasteiger partial charge on any atom is 0.419 e. The first kappa shape index (κ1) is 14.7. The number of aryl methyl sites for hydroxylation is 1. The van der Waals surface area contributed by atoms with Crippen LogP contribution in [-0.4, -0.2) is 15.6 Å². The summed E-state index contributed by atoms with van der Waals surface area (Å²) in [5, 5.41) is 3.77. The maximum atomic E-state index is 13.9.